The first-order valence-corrected chi connectivity index (χ1v) is 4.24. The summed E-state index contributed by atoms with van der Waals surface area (Å²) in [5.74, 6) is -0.308. The molecule has 3 nitrogen and oxygen atoms in total. The lowest BCUT2D eigenvalue weighted by Crippen LogP contribution is -1.92. The van der Waals surface area contributed by atoms with Crippen LogP contribution in [0.5, 0.6) is 0 Å². The molecule has 14 heavy (non-hydrogen) atoms. The van der Waals surface area contributed by atoms with Crippen molar-refractivity contribution >= 4 is 17.3 Å². The van der Waals surface area contributed by atoms with Gasteiger partial charge in [-0.3, -0.25) is 4.79 Å². The van der Waals surface area contributed by atoms with Gasteiger partial charge in [-0.15, -0.1) is 0 Å². The van der Waals surface area contributed by atoms with Crippen LogP contribution in [0.25, 0.3) is 11.0 Å². The average molecular weight is 192 g/mol. The van der Waals surface area contributed by atoms with Crippen molar-refractivity contribution in [1.82, 2.24) is 9.97 Å². The smallest absolute Gasteiger partial charge is 0.166 e. The van der Waals surface area contributed by atoms with E-state index in [2.05, 4.69) is 9.97 Å². The van der Waals surface area contributed by atoms with Crippen molar-refractivity contribution in [2.45, 2.75) is 13.8 Å². The Kier molecular flexibility index (Phi) is 1.84. The summed E-state index contributed by atoms with van der Waals surface area (Å²) in [4.78, 5) is 17.4. The highest BCUT2D eigenvalue weighted by Crippen LogP contribution is 2.21. The Morgan fingerprint density at radius 2 is 2.21 bits per heavy atom. The minimum atomic E-state index is -0.308. The number of aromatic amines is 1. The normalized spacial score (nSPS) is 10.8. The third kappa shape index (κ3) is 1.11. The number of fused-ring (bicyclic) bond motifs is 1. The Balaban J connectivity index is 2.87. The van der Waals surface area contributed by atoms with Gasteiger partial charge in [0.05, 0.1) is 11.1 Å². The Morgan fingerprint density at radius 3 is 2.86 bits per heavy atom. The third-order valence-electron chi connectivity index (χ3n) is 2.33. The predicted molar refractivity (Wildman–Crippen MR) is 50.9 cm³/mol. The Hall–Kier alpha value is -1.71. The molecule has 0 saturated heterocycles. The van der Waals surface area contributed by atoms with Crippen molar-refractivity contribution in [2.24, 2.45) is 0 Å². The van der Waals surface area contributed by atoms with Gasteiger partial charge in [-0.2, -0.15) is 0 Å². The molecule has 0 atom stereocenters. The van der Waals surface area contributed by atoms with Gasteiger partial charge in [0.2, 0.25) is 0 Å². The maximum Gasteiger partial charge on any atom is 0.166 e. The molecule has 0 aromatic carbocycles. The molecule has 4 heteroatoms. The van der Waals surface area contributed by atoms with Crippen molar-refractivity contribution in [3.63, 3.8) is 0 Å². The van der Waals surface area contributed by atoms with Crippen LogP contribution in [0.15, 0.2) is 6.07 Å². The van der Waals surface area contributed by atoms with Crippen molar-refractivity contribution in [2.75, 3.05) is 0 Å². The van der Waals surface area contributed by atoms with Gasteiger partial charge in [0.1, 0.15) is 11.5 Å². The standard InChI is InChI=1S/C10H9FN2O/c1-5-6(2)12-10-8(9(5)11)3-7(4-14)13-10/h3-4H,1-2H3,(H,12,13). The molecule has 0 amide bonds. The fraction of sp³-hybridized carbons (Fsp3) is 0.200. The highest BCUT2D eigenvalue weighted by atomic mass is 19.1. The molecule has 0 fully saturated rings. The summed E-state index contributed by atoms with van der Waals surface area (Å²) >= 11 is 0. The Labute approximate surface area is 80.0 Å². The Bertz CT molecular complexity index is 516. The minimum Gasteiger partial charge on any atom is -0.337 e. The summed E-state index contributed by atoms with van der Waals surface area (Å²) < 4.78 is 13.6. The molecule has 0 aliphatic rings. The first-order chi connectivity index (χ1) is 6.63. The van der Waals surface area contributed by atoms with Gasteiger partial charge in [-0.1, -0.05) is 0 Å². The zero-order valence-electron chi connectivity index (χ0n) is 7.89. The molecule has 0 saturated carbocycles. The van der Waals surface area contributed by atoms with Crippen LogP contribution in [-0.4, -0.2) is 16.3 Å². The molecule has 0 radical (unpaired) electrons. The minimum absolute atomic E-state index is 0.308. The predicted octanol–water partition coefficient (Wildman–Crippen LogP) is 2.13. The molecule has 2 heterocycles. The summed E-state index contributed by atoms with van der Waals surface area (Å²) in [5.41, 5.74) is 1.92. The maximum absolute atomic E-state index is 13.6. The third-order valence-corrected chi connectivity index (χ3v) is 2.33. The second-order valence-electron chi connectivity index (χ2n) is 3.24. The van der Waals surface area contributed by atoms with Crippen molar-refractivity contribution in [3.8, 4) is 0 Å². The van der Waals surface area contributed by atoms with Crippen molar-refractivity contribution in [1.29, 1.82) is 0 Å². The fourth-order valence-corrected chi connectivity index (χ4v) is 1.40. The van der Waals surface area contributed by atoms with E-state index in [4.69, 9.17) is 0 Å². The zero-order valence-corrected chi connectivity index (χ0v) is 7.89. The number of hydrogen-bond donors (Lipinski definition) is 1. The van der Waals surface area contributed by atoms with E-state index in [1.165, 1.54) is 6.07 Å². The van der Waals surface area contributed by atoms with E-state index in [0.717, 1.165) is 0 Å². The van der Waals surface area contributed by atoms with Crippen LogP contribution in [0.1, 0.15) is 21.7 Å². The highest BCUT2D eigenvalue weighted by molar-refractivity contribution is 5.86. The molecule has 72 valence electrons. The monoisotopic (exact) mass is 192 g/mol. The summed E-state index contributed by atoms with van der Waals surface area (Å²) in [5, 5.41) is 0.371. The van der Waals surface area contributed by atoms with Gasteiger partial charge in [0, 0.05) is 11.3 Å². The summed E-state index contributed by atoms with van der Waals surface area (Å²) in [7, 11) is 0. The topological polar surface area (TPSA) is 45.8 Å². The molecule has 1 N–H and O–H groups in total. The van der Waals surface area contributed by atoms with Crippen LogP contribution >= 0.6 is 0 Å². The number of pyridine rings is 1. The lowest BCUT2D eigenvalue weighted by Gasteiger charge is -2.00. The van der Waals surface area contributed by atoms with E-state index in [1.54, 1.807) is 13.8 Å². The molecule has 0 unspecified atom stereocenters. The molecule has 2 aromatic heterocycles. The number of aryl methyl sites for hydroxylation is 1. The van der Waals surface area contributed by atoms with Gasteiger partial charge in [0.25, 0.3) is 0 Å². The average Bonchev–Trinajstić information content (AvgIpc) is 2.57. The summed E-state index contributed by atoms with van der Waals surface area (Å²) in [6, 6.07) is 1.47. The van der Waals surface area contributed by atoms with Crippen LogP contribution in [0.4, 0.5) is 4.39 Å². The van der Waals surface area contributed by atoms with Crippen molar-refractivity contribution < 1.29 is 9.18 Å². The number of aromatic nitrogens is 2. The van der Waals surface area contributed by atoms with Crippen LogP contribution in [0.3, 0.4) is 0 Å². The number of halogens is 1. The second-order valence-corrected chi connectivity index (χ2v) is 3.24. The number of H-pyrrole nitrogens is 1. The van der Waals surface area contributed by atoms with Gasteiger partial charge in [0.15, 0.2) is 6.29 Å². The second kappa shape index (κ2) is 2.90. The van der Waals surface area contributed by atoms with Crippen LogP contribution in [0, 0.1) is 19.7 Å². The molecule has 2 aromatic rings. The highest BCUT2D eigenvalue weighted by Gasteiger charge is 2.11. The molecular formula is C10H9FN2O. The van der Waals surface area contributed by atoms with E-state index in [1.807, 2.05) is 0 Å². The SMILES string of the molecule is Cc1nc2[nH]c(C=O)cc2c(F)c1C. The van der Waals surface area contributed by atoms with E-state index in [0.29, 0.717) is 34.3 Å². The molecule has 2 rings (SSSR count). The van der Waals surface area contributed by atoms with Gasteiger partial charge in [-0.25, -0.2) is 9.37 Å². The number of carbonyl (C=O) groups excluding carboxylic acids is 1. The first-order valence-electron chi connectivity index (χ1n) is 4.24. The number of aldehydes is 1. The summed E-state index contributed by atoms with van der Waals surface area (Å²) in [6.07, 6.45) is 0.645. The van der Waals surface area contributed by atoms with Gasteiger partial charge >= 0.3 is 0 Å². The van der Waals surface area contributed by atoms with Gasteiger partial charge in [-0.05, 0) is 19.9 Å². The van der Waals surface area contributed by atoms with E-state index >= 15 is 0 Å². The van der Waals surface area contributed by atoms with E-state index in [-0.39, 0.29) is 5.82 Å². The number of hydrogen-bond acceptors (Lipinski definition) is 2. The molecule has 0 aliphatic heterocycles. The molecular weight excluding hydrogens is 183 g/mol. The quantitative estimate of drug-likeness (QED) is 0.703. The van der Waals surface area contributed by atoms with Crippen LogP contribution in [0.2, 0.25) is 0 Å². The lowest BCUT2D eigenvalue weighted by atomic mass is 10.2. The fourth-order valence-electron chi connectivity index (χ4n) is 1.40. The first kappa shape index (κ1) is 8.87. The van der Waals surface area contributed by atoms with Crippen molar-refractivity contribution in [3.05, 3.63) is 28.8 Å². The lowest BCUT2D eigenvalue weighted by molar-refractivity contribution is 0.112. The number of nitrogens with zero attached hydrogens (tertiary/aromatic N) is 1. The van der Waals surface area contributed by atoms with Crippen LogP contribution in [-0.2, 0) is 0 Å². The molecule has 0 bridgehead atoms. The maximum atomic E-state index is 13.6. The zero-order chi connectivity index (χ0) is 10.3. The largest absolute Gasteiger partial charge is 0.337 e. The molecule has 0 spiro atoms. The van der Waals surface area contributed by atoms with E-state index < -0.39 is 0 Å². The number of carbonyl (C=O) groups is 1. The van der Waals surface area contributed by atoms with E-state index in [9.17, 15) is 9.18 Å². The van der Waals surface area contributed by atoms with Crippen LogP contribution < -0.4 is 0 Å². The number of rotatable bonds is 1. The number of nitrogens with one attached hydrogen (secondary N) is 1. The Morgan fingerprint density at radius 1 is 1.50 bits per heavy atom. The summed E-state index contributed by atoms with van der Waals surface area (Å²) in [6.45, 7) is 3.41. The molecule has 0 aliphatic carbocycles. The van der Waals surface area contributed by atoms with Gasteiger partial charge < -0.3 is 4.98 Å².